The fourth-order valence-corrected chi connectivity index (χ4v) is 3.25. The average molecular weight is 365 g/mol. The number of carbonyl (C=O) groups excluding carboxylic acids is 1. The molecule has 0 aliphatic carbocycles. The van der Waals surface area contributed by atoms with Gasteiger partial charge in [0.2, 0.25) is 5.91 Å². The molecular formula is C21H19NO3S. The minimum absolute atomic E-state index is 0.0906. The molecular weight excluding hydrogens is 346 g/mol. The Balaban J connectivity index is 1.78. The van der Waals surface area contributed by atoms with Crippen LogP contribution in [0.25, 0.3) is 10.8 Å². The van der Waals surface area contributed by atoms with Crippen molar-refractivity contribution in [3.05, 3.63) is 77.4 Å². The molecule has 2 N–H and O–H groups in total. The lowest BCUT2D eigenvalue weighted by Crippen LogP contribution is -2.15. The van der Waals surface area contributed by atoms with Gasteiger partial charge in [0.05, 0.1) is 11.3 Å². The highest BCUT2D eigenvalue weighted by Crippen LogP contribution is 2.24. The van der Waals surface area contributed by atoms with Crippen molar-refractivity contribution in [2.45, 2.75) is 18.6 Å². The molecule has 132 valence electrons. The monoisotopic (exact) mass is 365 g/mol. The van der Waals surface area contributed by atoms with Crippen molar-refractivity contribution < 1.29 is 14.7 Å². The normalized spacial score (nSPS) is 10.7. The van der Waals surface area contributed by atoms with Gasteiger partial charge < -0.3 is 10.4 Å². The second kappa shape index (κ2) is 8.06. The van der Waals surface area contributed by atoms with E-state index in [0.29, 0.717) is 17.9 Å². The van der Waals surface area contributed by atoms with Crippen molar-refractivity contribution in [3.8, 4) is 0 Å². The second-order valence-corrected chi connectivity index (χ2v) is 6.34. The van der Waals surface area contributed by atoms with Crippen LogP contribution in [-0.4, -0.2) is 17.0 Å². The van der Waals surface area contributed by atoms with Crippen LogP contribution in [0.1, 0.15) is 27.9 Å². The zero-order valence-electron chi connectivity index (χ0n) is 14.1. The minimum Gasteiger partial charge on any atom is -0.478 e. The zero-order valence-corrected chi connectivity index (χ0v) is 15.0. The van der Waals surface area contributed by atoms with Crippen molar-refractivity contribution >= 4 is 41.0 Å². The first-order chi connectivity index (χ1) is 12.6. The maximum Gasteiger partial charge on any atom is 0.337 e. The minimum atomic E-state index is -1.06. The van der Waals surface area contributed by atoms with Gasteiger partial charge in [0.1, 0.15) is 0 Å². The third kappa shape index (κ3) is 4.06. The van der Waals surface area contributed by atoms with Crippen LogP contribution in [0.4, 0.5) is 5.69 Å². The summed E-state index contributed by atoms with van der Waals surface area (Å²) in [5.74, 6) is -0.658. The molecule has 0 atom stereocenters. The quantitative estimate of drug-likeness (QED) is 0.562. The number of hydrogen-bond donors (Lipinski definition) is 3. The number of benzene rings is 3. The molecule has 1 amide bonds. The summed E-state index contributed by atoms with van der Waals surface area (Å²) in [6.45, 7) is 0. The first-order valence-electron chi connectivity index (χ1n) is 8.32. The van der Waals surface area contributed by atoms with Gasteiger partial charge in [-0.05, 0) is 40.5 Å². The van der Waals surface area contributed by atoms with E-state index in [1.165, 1.54) is 0 Å². The van der Waals surface area contributed by atoms with Gasteiger partial charge >= 0.3 is 5.97 Å². The highest BCUT2D eigenvalue weighted by molar-refractivity contribution is 7.79. The van der Waals surface area contributed by atoms with Crippen molar-refractivity contribution in [3.63, 3.8) is 0 Å². The van der Waals surface area contributed by atoms with Crippen molar-refractivity contribution in [1.29, 1.82) is 0 Å². The number of hydrogen-bond acceptors (Lipinski definition) is 3. The van der Waals surface area contributed by atoms with E-state index in [0.717, 1.165) is 21.9 Å². The average Bonchev–Trinajstić information content (AvgIpc) is 2.65. The molecule has 0 saturated carbocycles. The van der Waals surface area contributed by atoms with Gasteiger partial charge in [-0.15, -0.1) is 0 Å². The molecule has 3 rings (SSSR count). The number of carboxylic acids is 1. The molecule has 3 aromatic carbocycles. The fourth-order valence-electron chi connectivity index (χ4n) is 2.94. The van der Waals surface area contributed by atoms with Gasteiger partial charge in [-0.1, -0.05) is 48.5 Å². The highest BCUT2D eigenvalue weighted by atomic mass is 32.1. The number of nitrogens with one attached hydrogen (secondary N) is 1. The summed E-state index contributed by atoms with van der Waals surface area (Å²) in [5, 5.41) is 13.9. The Bertz CT molecular complexity index is 968. The van der Waals surface area contributed by atoms with E-state index in [1.807, 2.05) is 48.5 Å². The van der Waals surface area contributed by atoms with Crippen molar-refractivity contribution in [1.82, 2.24) is 0 Å². The topological polar surface area (TPSA) is 66.4 Å². The highest BCUT2D eigenvalue weighted by Gasteiger charge is 2.14. The molecule has 0 unspecified atom stereocenters. The van der Waals surface area contributed by atoms with Gasteiger partial charge in [-0.2, -0.15) is 12.6 Å². The third-order valence-corrected chi connectivity index (χ3v) is 4.64. The fraction of sp³-hybridized carbons (Fsp3) is 0.143. The van der Waals surface area contributed by atoms with E-state index < -0.39 is 5.97 Å². The number of amides is 1. The summed E-state index contributed by atoms with van der Waals surface area (Å²) in [4.78, 5) is 23.9. The molecule has 0 saturated heterocycles. The van der Waals surface area contributed by atoms with E-state index >= 15 is 0 Å². The zero-order chi connectivity index (χ0) is 18.5. The van der Waals surface area contributed by atoms with Crippen LogP contribution in [0.3, 0.4) is 0 Å². The number of fused-ring (bicyclic) bond motifs is 1. The van der Waals surface area contributed by atoms with Crippen LogP contribution in [0.2, 0.25) is 0 Å². The number of carboxylic acid groups (broad SMARTS) is 1. The van der Waals surface area contributed by atoms with Gasteiger partial charge in [-0.25, -0.2) is 4.79 Å². The molecule has 0 aliphatic rings. The second-order valence-electron chi connectivity index (χ2n) is 6.03. The Morgan fingerprint density at radius 2 is 1.54 bits per heavy atom. The maximum atomic E-state index is 12.4. The molecule has 0 aliphatic heterocycles. The lowest BCUT2D eigenvalue weighted by Gasteiger charge is -2.11. The molecule has 0 bridgehead atoms. The molecule has 0 aromatic heterocycles. The Morgan fingerprint density at radius 1 is 0.923 bits per heavy atom. The number of rotatable bonds is 6. The molecule has 0 spiro atoms. The summed E-state index contributed by atoms with van der Waals surface area (Å²) in [7, 11) is 0. The summed E-state index contributed by atoms with van der Waals surface area (Å²) in [6.07, 6.45) is 0.856. The number of aromatic carboxylic acids is 1. The van der Waals surface area contributed by atoms with Gasteiger partial charge in [-0.3, -0.25) is 4.79 Å². The van der Waals surface area contributed by atoms with E-state index in [-0.39, 0.29) is 17.9 Å². The van der Waals surface area contributed by atoms with E-state index in [1.54, 1.807) is 12.1 Å². The number of carbonyl (C=O) groups is 2. The predicted octanol–water partition coefficient (Wildman–Crippen LogP) is 4.54. The van der Waals surface area contributed by atoms with Gasteiger partial charge in [0.25, 0.3) is 0 Å². The van der Waals surface area contributed by atoms with Crippen LogP contribution in [0, 0.1) is 0 Å². The number of thiol groups is 1. The molecule has 0 fully saturated rings. The van der Waals surface area contributed by atoms with Crippen LogP contribution in [0.5, 0.6) is 0 Å². The van der Waals surface area contributed by atoms with Gasteiger partial charge in [0, 0.05) is 12.2 Å². The third-order valence-electron chi connectivity index (χ3n) is 4.30. The standard InChI is InChI=1S/C21H19NO3S/c23-20(10-9-14-5-1-4-8-17(14)13-26)22-19-12-16-7-3-2-6-15(16)11-18(19)21(24)25/h1-8,11-12,26H,9-10,13H2,(H,22,23)(H,24,25). The molecule has 3 aromatic rings. The maximum absolute atomic E-state index is 12.4. The van der Waals surface area contributed by atoms with Crippen molar-refractivity contribution in [2.75, 3.05) is 5.32 Å². The molecule has 0 heterocycles. The first kappa shape index (κ1) is 18.0. The Morgan fingerprint density at radius 3 is 2.19 bits per heavy atom. The molecule has 5 heteroatoms. The lowest BCUT2D eigenvalue weighted by molar-refractivity contribution is -0.116. The largest absolute Gasteiger partial charge is 0.478 e. The Hall–Kier alpha value is -2.79. The lowest BCUT2D eigenvalue weighted by atomic mass is 10.0. The Labute approximate surface area is 157 Å². The van der Waals surface area contributed by atoms with E-state index in [9.17, 15) is 14.7 Å². The van der Waals surface area contributed by atoms with Crippen LogP contribution in [-0.2, 0) is 17.0 Å². The first-order valence-corrected chi connectivity index (χ1v) is 8.95. The smallest absolute Gasteiger partial charge is 0.337 e. The van der Waals surface area contributed by atoms with E-state index in [2.05, 4.69) is 17.9 Å². The summed E-state index contributed by atoms with van der Waals surface area (Å²) in [5.41, 5.74) is 2.59. The SMILES string of the molecule is O=C(CCc1ccccc1CS)Nc1cc2ccccc2cc1C(=O)O. The molecule has 4 nitrogen and oxygen atoms in total. The van der Waals surface area contributed by atoms with Crippen LogP contribution in [0.15, 0.2) is 60.7 Å². The Kier molecular flexibility index (Phi) is 5.58. The summed E-state index contributed by atoms with van der Waals surface area (Å²) < 4.78 is 0. The summed E-state index contributed by atoms with van der Waals surface area (Å²) in [6, 6.07) is 18.6. The van der Waals surface area contributed by atoms with Crippen LogP contribution >= 0.6 is 12.6 Å². The predicted molar refractivity (Wildman–Crippen MR) is 107 cm³/mol. The molecule has 26 heavy (non-hydrogen) atoms. The number of anilines is 1. The summed E-state index contributed by atoms with van der Waals surface area (Å²) >= 11 is 4.31. The van der Waals surface area contributed by atoms with Crippen molar-refractivity contribution in [2.24, 2.45) is 0 Å². The van der Waals surface area contributed by atoms with E-state index in [4.69, 9.17) is 0 Å². The van der Waals surface area contributed by atoms with Crippen LogP contribution < -0.4 is 5.32 Å². The number of aryl methyl sites for hydroxylation is 1. The molecule has 0 radical (unpaired) electrons. The van der Waals surface area contributed by atoms with Gasteiger partial charge in [0.15, 0.2) is 0 Å².